The summed E-state index contributed by atoms with van der Waals surface area (Å²) in [7, 11) is 0. The number of carbonyl (C=O) groups excluding carboxylic acids is 1. The van der Waals surface area contributed by atoms with Crippen LogP contribution >= 0.6 is 0 Å². The normalized spacial score (nSPS) is 23.6. The molecule has 0 spiro atoms. The minimum Gasteiger partial charge on any atom is -0.364 e. The summed E-state index contributed by atoms with van der Waals surface area (Å²) in [5.74, 6) is 0.456. The van der Waals surface area contributed by atoms with Gasteiger partial charge in [0, 0.05) is 18.6 Å². The fourth-order valence-corrected chi connectivity index (χ4v) is 2.17. The van der Waals surface area contributed by atoms with Crippen molar-refractivity contribution in [2.75, 3.05) is 11.9 Å². The molecule has 0 aromatic carbocycles. The van der Waals surface area contributed by atoms with Gasteiger partial charge in [-0.1, -0.05) is 0 Å². The van der Waals surface area contributed by atoms with Crippen LogP contribution in [0.3, 0.4) is 0 Å². The molecule has 1 amide bonds. The van der Waals surface area contributed by atoms with Crippen molar-refractivity contribution in [2.24, 2.45) is 5.73 Å². The number of imidazole rings is 1. The van der Waals surface area contributed by atoms with E-state index in [1.165, 1.54) is 6.33 Å². The van der Waals surface area contributed by atoms with Crippen molar-refractivity contribution in [1.29, 1.82) is 0 Å². The van der Waals surface area contributed by atoms with Crippen LogP contribution in [0.2, 0.25) is 0 Å². The molecular formula is C11H19N5O. The standard InChI is InChI=1S/C11H19N5O/c1-2-13-11(17)9-10(15-6-14-9)16-8-5-3-4-7(8)12/h6-8,16H,2-5,12H2,1H3,(H,13,17)(H,14,15)/t7-,8+/m1/s1. The maximum atomic E-state index is 11.7. The van der Waals surface area contributed by atoms with Crippen LogP contribution in [0.4, 0.5) is 5.82 Å². The second kappa shape index (κ2) is 5.18. The van der Waals surface area contributed by atoms with E-state index in [4.69, 9.17) is 5.73 Å². The summed E-state index contributed by atoms with van der Waals surface area (Å²) in [6.45, 7) is 2.48. The first-order valence-corrected chi connectivity index (χ1v) is 6.06. The first kappa shape index (κ1) is 11.9. The highest BCUT2D eigenvalue weighted by Gasteiger charge is 2.25. The molecule has 1 saturated carbocycles. The summed E-state index contributed by atoms with van der Waals surface area (Å²) in [4.78, 5) is 18.7. The highest BCUT2D eigenvalue weighted by Crippen LogP contribution is 2.22. The Morgan fingerprint density at radius 1 is 1.65 bits per heavy atom. The van der Waals surface area contributed by atoms with Crippen molar-refractivity contribution in [1.82, 2.24) is 15.3 Å². The topological polar surface area (TPSA) is 95.8 Å². The average molecular weight is 237 g/mol. The second-order valence-electron chi connectivity index (χ2n) is 4.33. The Labute approximate surface area is 100 Å². The highest BCUT2D eigenvalue weighted by molar-refractivity contribution is 5.96. The van der Waals surface area contributed by atoms with Crippen LogP contribution in [0.15, 0.2) is 6.33 Å². The van der Waals surface area contributed by atoms with E-state index >= 15 is 0 Å². The number of H-pyrrole nitrogens is 1. The number of nitrogens with one attached hydrogen (secondary N) is 3. The van der Waals surface area contributed by atoms with Gasteiger partial charge in [-0.25, -0.2) is 4.98 Å². The zero-order valence-corrected chi connectivity index (χ0v) is 9.99. The van der Waals surface area contributed by atoms with Crippen LogP contribution < -0.4 is 16.4 Å². The maximum Gasteiger partial charge on any atom is 0.271 e. The molecule has 0 radical (unpaired) electrons. The summed E-state index contributed by atoms with van der Waals surface area (Å²) in [5.41, 5.74) is 6.46. The zero-order chi connectivity index (χ0) is 12.3. The third-order valence-corrected chi connectivity index (χ3v) is 3.10. The van der Waals surface area contributed by atoms with E-state index < -0.39 is 0 Å². The molecule has 1 aromatic heterocycles. The smallest absolute Gasteiger partial charge is 0.271 e. The Hall–Kier alpha value is -1.56. The molecular weight excluding hydrogens is 218 g/mol. The number of hydrogen-bond acceptors (Lipinski definition) is 4. The molecule has 1 fully saturated rings. The monoisotopic (exact) mass is 237 g/mol. The van der Waals surface area contributed by atoms with E-state index in [1.54, 1.807) is 0 Å². The fourth-order valence-electron chi connectivity index (χ4n) is 2.17. The fraction of sp³-hybridized carbons (Fsp3) is 0.636. The van der Waals surface area contributed by atoms with Gasteiger partial charge >= 0.3 is 0 Å². The van der Waals surface area contributed by atoms with E-state index in [-0.39, 0.29) is 18.0 Å². The molecule has 1 aromatic rings. The average Bonchev–Trinajstić information content (AvgIpc) is 2.90. The Morgan fingerprint density at radius 3 is 3.12 bits per heavy atom. The molecule has 6 nitrogen and oxygen atoms in total. The van der Waals surface area contributed by atoms with Gasteiger partial charge in [-0.15, -0.1) is 0 Å². The number of anilines is 1. The molecule has 0 aliphatic heterocycles. The van der Waals surface area contributed by atoms with E-state index in [0.29, 0.717) is 18.1 Å². The van der Waals surface area contributed by atoms with Crippen LogP contribution in [0, 0.1) is 0 Å². The Morgan fingerprint density at radius 2 is 2.47 bits per heavy atom. The molecule has 1 aliphatic rings. The zero-order valence-electron chi connectivity index (χ0n) is 9.99. The highest BCUT2D eigenvalue weighted by atomic mass is 16.1. The van der Waals surface area contributed by atoms with Gasteiger partial charge in [0.15, 0.2) is 5.82 Å². The summed E-state index contributed by atoms with van der Waals surface area (Å²) < 4.78 is 0. The number of carbonyl (C=O) groups is 1. The molecule has 2 atom stereocenters. The molecule has 1 aliphatic carbocycles. The van der Waals surface area contributed by atoms with Gasteiger partial charge in [0.2, 0.25) is 0 Å². The molecule has 6 heteroatoms. The van der Waals surface area contributed by atoms with Gasteiger partial charge in [-0.05, 0) is 26.2 Å². The minimum atomic E-state index is -0.140. The first-order chi connectivity index (χ1) is 8.22. The summed E-state index contributed by atoms with van der Waals surface area (Å²) in [6.07, 6.45) is 4.70. The number of aromatic nitrogens is 2. The van der Waals surface area contributed by atoms with E-state index in [9.17, 15) is 4.79 Å². The third kappa shape index (κ3) is 2.58. The lowest BCUT2D eigenvalue weighted by Crippen LogP contribution is -2.36. The lowest BCUT2D eigenvalue weighted by molar-refractivity contribution is 0.0952. The molecule has 0 saturated heterocycles. The van der Waals surface area contributed by atoms with Gasteiger partial charge in [0.05, 0.1) is 6.33 Å². The number of aromatic amines is 1. The lowest BCUT2D eigenvalue weighted by atomic mass is 10.2. The van der Waals surface area contributed by atoms with Crippen molar-refractivity contribution in [3.8, 4) is 0 Å². The van der Waals surface area contributed by atoms with E-state index in [2.05, 4.69) is 20.6 Å². The second-order valence-corrected chi connectivity index (χ2v) is 4.33. The van der Waals surface area contributed by atoms with E-state index in [1.807, 2.05) is 6.92 Å². The quantitative estimate of drug-likeness (QED) is 0.611. The number of nitrogens with zero attached hydrogens (tertiary/aromatic N) is 1. The van der Waals surface area contributed by atoms with Gasteiger partial charge in [-0.3, -0.25) is 4.79 Å². The van der Waals surface area contributed by atoms with Crippen LogP contribution in [0.5, 0.6) is 0 Å². The number of nitrogens with two attached hydrogens (primary N) is 1. The summed E-state index contributed by atoms with van der Waals surface area (Å²) >= 11 is 0. The Balaban J connectivity index is 2.06. The van der Waals surface area contributed by atoms with Crippen molar-refractivity contribution in [3.63, 3.8) is 0 Å². The molecule has 0 bridgehead atoms. The molecule has 5 N–H and O–H groups in total. The molecule has 94 valence electrons. The van der Waals surface area contributed by atoms with Crippen LogP contribution in [-0.2, 0) is 0 Å². The van der Waals surface area contributed by atoms with Crippen molar-refractivity contribution < 1.29 is 4.79 Å². The lowest BCUT2D eigenvalue weighted by Gasteiger charge is -2.17. The molecule has 1 heterocycles. The first-order valence-electron chi connectivity index (χ1n) is 6.06. The largest absolute Gasteiger partial charge is 0.364 e. The summed E-state index contributed by atoms with van der Waals surface area (Å²) in [6, 6.07) is 0.361. The number of hydrogen-bond donors (Lipinski definition) is 4. The van der Waals surface area contributed by atoms with Crippen LogP contribution in [-0.4, -0.2) is 34.5 Å². The van der Waals surface area contributed by atoms with Crippen LogP contribution in [0.25, 0.3) is 0 Å². The van der Waals surface area contributed by atoms with Crippen molar-refractivity contribution in [2.45, 2.75) is 38.3 Å². The van der Waals surface area contributed by atoms with Gasteiger partial charge in [0.1, 0.15) is 5.69 Å². The van der Waals surface area contributed by atoms with Gasteiger partial charge < -0.3 is 21.4 Å². The molecule has 2 rings (SSSR count). The molecule has 0 unspecified atom stereocenters. The van der Waals surface area contributed by atoms with E-state index in [0.717, 1.165) is 19.3 Å². The Kier molecular flexibility index (Phi) is 3.63. The van der Waals surface area contributed by atoms with Crippen LogP contribution in [0.1, 0.15) is 36.7 Å². The number of rotatable bonds is 4. The summed E-state index contributed by atoms with van der Waals surface area (Å²) in [5, 5.41) is 5.99. The SMILES string of the molecule is CCNC(=O)c1[nH]cnc1N[C@H]1CCC[C@H]1N. The Bertz CT molecular complexity index is 389. The predicted octanol–water partition coefficient (Wildman–Crippen LogP) is 0.451. The van der Waals surface area contributed by atoms with Crippen molar-refractivity contribution >= 4 is 11.7 Å². The minimum absolute atomic E-state index is 0.140. The van der Waals surface area contributed by atoms with Gasteiger partial charge in [0.25, 0.3) is 5.91 Å². The maximum absolute atomic E-state index is 11.7. The molecule has 17 heavy (non-hydrogen) atoms. The third-order valence-electron chi connectivity index (χ3n) is 3.10. The number of amides is 1. The van der Waals surface area contributed by atoms with Gasteiger partial charge in [-0.2, -0.15) is 0 Å². The van der Waals surface area contributed by atoms with Crippen molar-refractivity contribution in [3.05, 3.63) is 12.0 Å². The predicted molar refractivity (Wildman–Crippen MR) is 65.8 cm³/mol.